The Morgan fingerprint density at radius 1 is 1.18 bits per heavy atom. The minimum atomic E-state index is 0.770. The minimum Gasteiger partial charge on any atom is -0.355 e. The lowest BCUT2D eigenvalue weighted by molar-refractivity contribution is 0.458. The van der Waals surface area contributed by atoms with Crippen LogP contribution in [0.15, 0.2) is 21.4 Å². The predicted molar refractivity (Wildman–Crippen MR) is 39.5 cm³/mol. The molecule has 54 valence electrons. The summed E-state index contributed by atoms with van der Waals surface area (Å²) in [5.74, 6) is 0. The molecule has 0 amide bonds. The molecule has 0 aliphatic rings. The average Bonchev–Trinajstić information content (AvgIpc) is 2.52. The van der Waals surface area contributed by atoms with Crippen LogP contribution < -0.4 is 0 Å². The maximum atomic E-state index is 4.99. The number of nitrogens with zero attached hydrogens (tertiary/aromatic N) is 2. The van der Waals surface area contributed by atoms with Crippen LogP contribution in [0.3, 0.4) is 0 Å². The van der Waals surface area contributed by atoms with E-state index in [1.165, 1.54) is 11.3 Å². The van der Waals surface area contributed by atoms with Gasteiger partial charge in [0.15, 0.2) is 5.58 Å². The van der Waals surface area contributed by atoms with E-state index >= 15 is 0 Å². The van der Waals surface area contributed by atoms with E-state index < -0.39 is 0 Å². The molecule has 0 fully saturated rings. The zero-order chi connectivity index (χ0) is 7.26. The summed E-state index contributed by atoms with van der Waals surface area (Å²) in [7, 11) is 0. The van der Waals surface area contributed by atoms with E-state index in [0.717, 1.165) is 20.6 Å². The molecule has 0 bridgehead atoms. The second-order valence-electron chi connectivity index (χ2n) is 2.15. The normalized spacial score (nSPS) is 11.6. The fourth-order valence-corrected chi connectivity index (χ4v) is 1.91. The molecule has 0 atom stereocenters. The number of rotatable bonds is 0. The SMILES string of the molecule is c1noc2c1sc1oncc12. The molecular weight excluding hydrogens is 164 g/mol. The summed E-state index contributed by atoms with van der Waals surface area (Å²) >= 11 is 1.49. The second-order valence-corrected chi connectivity index (χ2v) is 3.16. The van der Waals surface area contributed by atoms with E-state index in [2.05, 4.69) is 10.3 Å². The average molecular weight is 166 g/mol. The Hall–Kier alpha value is -1.36. The summed E-state index contributed by atoms with van der Waals surface area (Å²) in [4.78, 5) is 0.793. The van der Waals surface area contributed by atoms with Gasteiger partial charge in [0.2, 0.25) is 4.90 Å². The van der Waals surface area contributed by atoms with Gasteiger partial charge in [-0.15, -0.1) is 0 Å². The molecule has 4 nitrogen and oxygen atoms in total. The Labute approximate surface area is 64.4 Å². The standard InChI is InChI=1S/C6H2N2O2S/c1-3-5-4(2-8-9-5)11-6(3)10-7-1/h1-2H. The topological polar surface area (TPSA) is 52.1 Å². The molecule has 3 aromatic rings. The number of hydrogen-bond donors (Lipinski definition) is 0. The fourth-order valence-electron chi connectivity index (χ4n) is 1.04. The van der Waals surface area contributed by atoms with Gasteiger partial charge in [-0.25, -0.2) is 0 Å². The molecular formula is C6H2N2O2S. The Morgan fingerprint density at radius 3 is 3.09 bits per heavy atom. The Kier molecular flexibility index (Phi) is 0.783. The van der Waals surface area contributed by atoms with Gasteiger partial charge in [0.05, 0.1) is 22.5 Å². The largest absolute Gasteiger partial charge is 0.355 e. The highest BCUT2D eigenvalue weighted by atomic mass is 32.1. The fraction of sp³-hybridized carbons (Fsp3) is 0. The van der Waals surface area contributed by atoms with Gasteiger partial charge in [0.1, 0.15) is 0 Å². The van der Waals surface area contributed by atoms with Crippen molar-refractivity contribution < 1.29 is 9.05 Å². The van der Waals surface area contributed by atoms with Gasteiger partial charge >= 0.3 is 0 Å². The highest BCUT2D eigenvalue weighted by Gasteiger charge is 2.11. The maximum absolute atomic E-state index is 4.99. The van der Waals surface area contributed by atoms with Crippen LogP contribution in [0.5, 0.6) is 0 Å². The van der Waals surface area contributed by atoms with Crippen LogP contribution >= 0.6 is 11.3 Å². The first-order valence-corrected chi connectivity index (χ1v) is 3.84. The molecule has 0 saturated carbocycles. The molecule has 0 N–H and O–H groups in total. The van der Waals surface area contributed by atoms with E-state index in [0.29, 0.717) is 0 Å². The van der Waals surface area contributed by atoms with Crippen molar-refractivity contribution in [2.24, 2.45) is 0 Å². The molecule has 11 heavy (non-hydrogen) atoms. The van der Waals surface area contributed by atoms with Crippen LogP contribution in [-0.2, 0) is 0 Å². The Balaban J connectivity index is 2.75. The van der Waals surface area contributed by atoms with Crippen LogP contribution in [-0.4, -0.2) is 10.3 Å². The summed E-state index contributed by atoms with van der Waals surface area (Å²) in [5, 5.41) is 8.20. The molecule has 0 aliphatic heterocycles. The maximum Gasteiger partial charge on any atom is 0.225 e. The minimum absolute atomic E-state index is 0.770. The summed E-state index contributed by atoms with van der Waals surface area (Å²) in [6.07, 6.45) is 3.31. The molecule has 0 spiro atoms. The smallest absolute Gasteiger partial charge is 0.225 e. The molecule has 3 heterocycles. The van der Waals surface area contributed by atoms with Crippen molar-refractivity contribution in [3.63, 3.8) is 0 Å². The van der Waals surface area contributed by atoms with Crippen LogP contribution in [0, 0.1) is 0 Å². The van der Waals surface area contributed by atoms with E-state index in [9.17, 15) is 0 Å². The highest BCUT2D eigenvalue weighted by Crippen LogP contribution is 2.32. The first-order chi connectivity index (χ1) is 5.45. The first kappa shape index (κ1) is 5.31. The van der Waals surface area contributed by atoms with Crippen LogP contribution in [0.1, 0.15) is 0 Å². The third-order valence-electron chi connectivity index (χ3n) is 1.52. The lowest BCUT2D eigenvalue weighted by atomic mass is 10.4. The second kappa shape index (κ2) is 1.62. The number of thiophene rings is 1. The third kappa shape index (κ3) is 0.537. The van der Waals surface area contributed by atoms with Gasteiger partial charge in [-0.05, 0) is 0 Å². The zero-order valence-corrected chi connectivity index (χ0v) is 6.09. The molecule has 0 radical (unpaired) electrons. The molecule has 3 aromatic heterocycles. The van der Waals surface area contributed by atoms with Crippen molar-refractivity contribution in [3.05, 3.63) is 12.4 Å². The van der Waals surface area contributed by atoms with Crippen molar-refractivity contribution in [3.8, 4) is 0 Å². The van der Waals surface area contributed by atoms with Gasteiger partial charge in [0, 0.05) is 0 Å². The monoisotopic (exact) mass is 166 g/mol. The van der Waals surface area contributed by atoms with E-state index in [-0.39, 0.29) is 0 Å². The quantitative estimate of drug-likeness (QED) is 0.512. The van der Waals surface area contributed by atoms with Crippen LogP contribution in [0.2, 0.25) is 0 Å². The van der Waals surface area contributed by atoms with Crippen LogP contribution in [0.25, 0.3) is 20.6 Å². The molecule has 0 aromatic carbocycles. The third-order valence-corrected chi connectivity index (χ3v) is 2.51. The molecule has 0 unspecified atom stereocenters. The van der Waals surface area contributed by atoms with Gasteiger partial charge in [-0.3, -0.25) is 0 Å². The van der Waals surface area contributed by atoms with Gasteiger partial charge in [0.25, 0.3) is 0 Å². The summed E-state index contributed by atoms with van der Waals surface area (Å²) < 4.78 is 10.9. The van der Waals surface area contributed by atoms with Crippen molar-refractivity contribution in [1.29, 1.82) is 0 Å². The summed E-state index contributed by atoms with van der Waals surface area (Å²) in [6.45, 7) is 0. The molecule has 3 rings (SSSR count). The Morgan fingerprint density at radius 2 is 2.09 bits per heavy atom. The van der Waals surface area contributed by atoms with Crippen molar-refractivity contribution in [1.82, 2.24) is 10.3 Å². The van der Waals surface area contributed by atoms with Gasteiger partial charge in [-0.1, -0.05) is 21.7 Å². The van der Waals surface area contributed by atoms with Crippen molar-refractivity contribution in [2.75, 3.05) is 0 Å². The van der Waals surface area contributed by atoms with Crippen molar-refractivity contribution >= 4 is 31.9 Å². The number of hydrogen-bond acceptors (Lipinski definition) is 5. The van der Waals surface area contributed by atoms with Gasteiger partial charge in [-0.2, -0.15) is 0 Å². The number of fused-ring (bicyclic) bond motifs is 3. The Bertz CT molecular complexity index is 461. The lowest BCUT2D eigenvalue weighted by Crippen LogP contribution is -1.50. The van der Waals surface area contributed by atoms with Gasteiger partial charge < -0.3 is 9.05 Å². The summed E-state index contributed by atoms with van der Waals surface area (Å²) in [6, 6.07) is 0. The van der Waals surface area contributed by atoms with E-state index in [1.807, 2.05) is 0 Å². The molecule has 0 aliphatic carbocycles. The predicted octanol–water partition coefficient (Wildman–Crippen LogP) is 2.03. The van der Waals surface area contributed by atoms with Crippen LogP contribution in [0.4, 0.5) is 0 Å². The van der Waals surface area contributed by atoms with E-state index in [1.54, 1.807) is 12.4 Å². The highest BCUT2D eigenvalue weighted by molar-refractivity contribution is 7.25. The first-order valence-electron chi connectivity index (χ1n) is 3.03. The molecule has 0 saturated heterocycles. The van der Waals surface area contributed by atoms with Crippen molar-refractivity contribution in [2.45, 2.75) is 0 Å². The summed E-state index contributed by atoms with van der Waals surface area (Å²) in [5.41, 5.74) is 0.770. The van der Waals surface area contributed by atoms with E-state index in [4.69, 9.17) is 9.05 Å². The zero-order valence-electron chi connectivity index (χ0n) is 5.27. The lowest BCUT2D eigenvalue weighted by Gasteiger charge is -1.67. The molecule has 5 heteroatoms. The number of aromatic nitrogens is 2.